The minimum absolute atomic E-state index is 0.197. The molecule has 2 aromatic carbocycles. The lowest BCUT2D eigenvalue weighted by atomic mass is 10.1. The summed E-state index contributed by atoms with van der Waals surface area (Å²) in [4.78, 5) is 21.7. The normalized spacial score (nSPS) is 10.6. The minimum atomic E-state index is -0.197. The Labute approximate surface area is 159 Å². The van der Waals surface area contributed by atoms with Gasteiger partial charge in [0.2, 0.25) is 0 Å². The van der Waals surface area contributed by atoms with Gasteiger partial charge in [-0.3, -0.25) is 4.79 Å². The van der Waals surface area contributed by atoms with E-state index in [-0.39, 0.29) is 11.9 Å². The lowest BCUT2D eigenvalue weighted by molar-refractivity contribution is 0.0949. The molecule has 1 aromatic heterocycles. The molecule has 3 rings (SSSR count). The Morgan fingerprint density at radius 3 is 2.30 bits per heavy atom. The fraction of sp³-hybridized carbons (Fsp3) is 0.227. The summed E-state index contributed by atoms with van der Waals surface area (Å²) in [5, 5.41) is 6.21. The Morgan fingerprint density at radius 1 is 0.963 bits per heavy atom. The van der Waals surface area contributed by atoms with Crippen LogP contribution in [0.25, 0.3) is 11.4 Å². The number of hydrogen-bond acceptors (Lipinski definition) is 4. The van der Waals surface area contributed by atoms with Crippen LogP contribution in [0.2, 0.25) is 0 Å². The van der Waals surface area contributed by atoms with Crippen molar-refractivity contribution in [1.29, 1.82) is 0 Å². The summed E-state index contributed by atoms with van der Waals surface area (Å²) in [7, 11) is 0. The van der Waals surface area contributed by atoms with Gasteiger partial charge in [0, 0.05) is 24.2 Å². The Balaban J connectivity index is 1.77. The van der Waals surface area contributed by atoms with Crippen LogP contribution in [0.1, 0.15) is 29.9 Å². The highest BCUT2D eigenvalue weighted by Gasteiger charge is 2.13. The largest absolute Gasteiger partial charge is 0.368 e. The number of carbonyl (C=O) groups excluding carboxylic acids is 1. The SMILES string of the molecule is CC(C)Nc1cc(C(=O)NCCc2ccccc2)nc(-c2ccccc2)n1. The smallest absolute Gasteiger partial charge is 0.270 e. The van der Waals surface area contributed by atoms with Crippen LogP contribution in [0.5, 0.6) is 0 Å². The first kappa shape index (κ1) is 18.6. The van der Waals surface area contributed by atoms with E-state index >= 15 is 0 Å². The van der Waals surface area contributed by atoms with E-state index in [9.17, 15) is 4.79 Å². The maximum atomic E-state index is 12.6. The van der Waals surface area contributed by atoms with Crippen molar-refractivity contribution in [3.63, 3.8) is 0 Å². The number of nitrogens with zero attached hydrogens (tertiary/aromatic N) is 2. The number of rotatable bonds is 7. The standard InChI is InChI=1S/C22H24N4O/c1-16(2)24-20-15-19(25-21(26-20)18-11-7-4-8-12-18)22(27)23-14-13-17-9-5-3-6-10-17/h3-12,15-16H,13-14H2,1-2H3,(H,23,27)(H,24,25,26). The van der Waals surface area contributed by atoms with Gasteiger partial charge in [0.05, 0.1) is 0 Å². The molecule has 0 radical (unpaired) electrons. The third-order valence-electron chi connectivity index (χ3n) is 3.97. The molecule has 0 bridgehead atoms. The zero-order chi connectivity index (χ0) is 19.1. The molecular formula is C22H24N4O. The first-order valence-electron chi connectivity index (χ1n) is 9.15. The van der Waals surface area contributed by atoms with Gasteiger partial charge < -0.3 is 10.6 Å². The van der Waals surface area contributed by atoms with Crippen LogP contribution in [-0.2, 0) is 6.42 Å². The molecule has 1 heterocycles. The Kier molecular flexibility index (Phi) is 6.15. The second-order valence-electron chi connectivity index (χ2n) is 6.62. The van der Waals surface area contributed by atoms with Crippen LogP contribution in [-0.4, -0.2) is 28.5 Å². The fourth-order valence-corrected chi connectivity index (χ4v) is 2.71. The van der Waals surface area contributed by atoms with E-state index in [2.05, 4.69) is 32.7 Å². The first-order chi connectivity index (χ1) is 13.1. The molecule has 0 aliphatic rings. The summed E-state index contributed by atoms with van der Waals surface area (Å²) >= 11 is 0. The van der Waals surface area contributed by atoms with Crippen molar-refractivity contribution in [3.8, 4) is 11.4 Å². The zero-order valence-electron chi connectivity index (χ0n) is 15.6. The lowest BCUT2D eigenvalue weighted by Gasteiger charge is -2.12. The fourth-order valence-electron chi connectivity index (χ4n) is 2.71. The van der Waals surface area contributed by atoms with Crippen molar-refractivity contribution in [2.75, 3.05) is 11.9 Å². The summed E-state index contributed by atoms with van der Waals surface area (Å²) in [6, 6.07) is 21.7. The van der Waals surface area contributed by atoms with Gasteiger partial charge in [-0.15, -0.1) is 0 Å². The number of anilines is 1. The molecule has 0 unspecified atom stereocenters. The van der Waals surface area contributed by atoms with Crippen LogP contribution >= 0.6 is 0 Å². The summed E-state index contributed by atoms with van der Waals surface area (Å²) in [6.45, 7) is 4.62. The lowest BCUT2D eigenvalue weighted by Crippen LogP contribution is -2.27. The molecular weight excluding hydrogens is 336 g/mol. The molecule has 3 aromatic rings. The third-order valence-corrected chi connectivity index (χ3v) is 3.97. The topological polar surface area (TPSA) is 66.9 Å². The second-order valence-corrected chi connectivity index (χ2v) is 6.62. The highest BCUT2D eigenvalue weighted by atomic mass is 16.1. The van der Waals surface area contributed by atoms with E-state index in [1.165, 1.54) is 5.56 Å². The molecule has 0 fully saturated rings. The van der Waals surface area contributed by atoms with Gasteiger partial charge in [-0.05, 0) is 25.8 Å². The molecule has 0 aliphatic carbocycles. The Morgan fingerprint density at radius 2 is 1.63 bits per heavy atom. The molecule has 27 heavy (non-hydrogen) atoms. The van der Waals surface area contributed by atoms with Crippen LogP contribution < -0.4 is 10.6 Å². The van der Waals surface area contributed by atoms with Gasteiger partial charge in [-0.2, -0.15) is 0 Å². The predicted molar refractivity (Wildman–Crippen MR) is 109 cm³/mol. The van der Waals surface area contributed by atoms with E-state index in [0.29, 0.717) is 23.9 Å². The number of hydrogen-bond donors (Lipinski definition) is 2. The Hall–Kier alpha value is -3.21. The molecule has 0 saturated carbocycles. The van der Waals surface area contributed by atoms with Gasteiger partial charge in [0.25, 0.3) is 5.91 Å². The maximum absolute atomic E-state index is 12.6. The van der Waals surface area contributed by atoms with Gasteiger partial charge in [0.15, 0.2) is 5.82 Å². The summed E-state index contributed by atoms with van der Waals surface area (Å²) in [5.41, 5.74) is 2.43. The van der Waals surface area contributed by atoms with Gasteiger partial charge in [0.1, 0.15) is 11.5 Å². The van der Waals surface area contributed by atoms with E-state index in [1.54, 1.807) is 6.07 Å². The van der Waals surface area contributed by atoms with Crippen LogP contribution in [0.4, 0.5) is 5.82 Å². The van der Waals surface area contributed by atoms with Crippen molar-refractivity contribution in [1.82, 2.24) is 15.3 Å². The molecule has 0 atom stereocenters. The molecule has 0 aliphatic heterocycles. The molecule has 5 heteroatoms. The van der Waals surface area contributed by atoms with Crippen molar-refractivity contribution >= 4 is 11.7 Å². The average Bonchev–Trinajstić information content (AvgIpc) is 2.68. The van der Waals surface area contributed by atoms with Crippen molar-refractivity contribution < 1.29 is 4.79 Å². The van der Waals surface area contributed by atoms with Crippen molar-refractivity contribution in [2.45, 2.75) is 26.3 Å². The predicted octanol–water partition coefficient (Wildman–Crippen LogP) is 3.94. The molecule has 138 valence electrons. The highest BCUT2D eigenvalue weighted by Crippen LogP contribution is 2.18. The highest BCUT2D eigenvalue weighted by molar-refractivity contribution is 5.93. The first-order valence-corrected chi connectivity index (χ1v) is 9.15. The summed E-state index contributed by atoms with van der Waals surface area (Å²) < 4.78 is 0. The van der Waals surface area contributed by atoms with Gasteiger partial charge in [-0.25, -0.2) is 9.97 Å². The van der Waals surface area contributed by atoms with Crippen molar-refractivity contribution in [3.05, 3.63) is 78.0 Å². The summed E-state index contributed by atoms with van der Waals surface area (Å²) in [5.74, 6) is 0.985. The minimum Gasteiger partial charge on any atom is -0.368 e. The zero-order valence-corrected chi connectivity index (χ0v) is 15.6. The van der Waals surface area contributed by atoms with Gasteiger partial charge >= 0.3 is 0 Å². The van der Waals surface area contributed by atoms with E-state index < -0.39 is 0 Å². The molecule has 0 spiro atoms. The summed E-state index contributed by atoms with van der Waals surface area (Å²) in [6.07, 6.45) is 0.778. The molecule has 0 saturated heterocycles. The van der Waals surface area contributed by atoms with Crippen LogP contribution in [0.3, 0.4) is 0 Å². The van der Waals surface area contributed by atoms with Crippen molar-refractivity contribution in [2.24, 2.45) is 0 Å². The monoisotopic (exact) mass is 360 g/mol. The van der Waals surface area contributed by atoms with Crippen LogP contribution in [0.15, 0.2) is 66.7 Å². The quantitative estimate of drug-likeness (QED) is 0.670. The number of nitrogens with one attached hydrogen (secondary N) is 2. The molecule has 1 amide bonds. The Bertz CT molecular complexity index is 879. The van der Waals surface area contributed by atoms with Gasteiger partial charge in [-0.1, -0.05) is 60.7 Å². The molecule has 2 N–H and O–H groups in total. The maximum Gasteiger partial charge on any atom is 0.270 e. The number of carbonyl (C=O) groups is 1. The number of aromatic nitrogens is 2. The van der Waals surface area contributed by atoms with E-state index in [0.717, 1.165) is 12.0 Å². The van der Waals surface area contributed by atoms with Crippen LogP contribution in [0, 0.1) is 0 Å². The van der Waals surface area contributed by atoms with E-state index in [1.807, 2.05) is 62.4 Å². The third kappa shape index (κ3) is 5.38. The van der Waals surface area contributed by atoms with E-state index in [4.69, 9.17) is 0 Å². The number of amides is 1. The molecule has 5 nitrogen and oxygen atoms in total. The average molecular weight is 360 g/mol. The second kappa shape index (κ2) is 8.94. The number of benzene rings is 2.